The van der Waals surface area contributed by atoms with Gasteiger partial charge in [-0.15, -0.1) is 0 Å². The van der Waals surface area contributed by atoms with Crippen LogP contribution in [0.25, 0.3) is 16.8 Å². The van der Waals surface area contributed by atoms with E-state index in [9.17, 15) is 10.1 Å². The first kappa shape index (κ1) is 12.1. The molecule has 0 saturated heterocycles. The van der Waals surface area contributed by atoms with Crippen molar-refractivity contribution in [2.24, 2.45) is 0 Å². The molecule has 0 fully saturated rings. The maximum absolute atomic E-state index is 10.6. The average molecular weight is 365 g/mol. The molecule has 19 heavy (non-hydrogen) atoms. The maximum atomic E-state index is 10.6. The van der Waals surface area contributed by atoms with Crippen molar-refractivity contribution in [1.29, 1.82) is 0 Å². The van der Waals surface area contributed by atoms with Crippen molar-refractivity contribution >= 4 is 33.8 Å². The van der Waals surface area contributed by atoms with Gasteiger partial charge >= 0.3 is 0 Å². The third-order valence-electron chi connectivity index (χ3n) is 2.83. The van der Waals surface area contributed by atoms with E-state index < -0.39 is 4.92 Å². The van der Waals surface area contributed by atoms with E-state index in [1.165, 1.54) is 12.1 Å². The van der Waals surface area contributed by atoms with Crippen molar-refractivity contribution < 1.29 is 4.92 Å². The van der Waals surface area contributed by atoms with E-state index in [4.69, 9.17) is 0 Å². The summed E-state index contributed by atoms with van der Waals surface area (Å²) in [6.45, 7) is 0. The lowest BCUT2D eigenvalue weighted by molar-refractivity contribution is -0.384. The topological polar surface area (TPSA) is 60.4 Å². The molecular formula is C13H8IN3O2. The number of nitrogens with zero attached hydrogens (tertiary/aromatic N) is 3. The number of hydrogen-bond donors (Lipinski definition) is 0. The second-order valence-electron chi connectivity index (χ2n) is 4.00. The zero-order chi connectivity index (χ0) is 13.4. The molecule has 1 aromatic carbocycles. The molecule has 5 nitrogen and oxygen atoms in total. The van der Waals surface area contributed by atoms with Gasteiger partial charge in [-0.1, -0.05) is 6.07 Å². The van der Waals surface area contributed by atoms with Crippen molar-refractivity contribution in [1.82, 2.24) is 9.61 Å². The summed E-state index contributed by atoms with van der Waals surface area (Å²) in [6, 6.07) is 12.3. The molecule has 0 saturated carbocycles. The highest BCUT2D eigenvalue weighted by Gasteiger charge is 2.13. The average Bonchev–Trinajstić information content (AvgIpc) is 2.77. The number of non-ortho nitro benzene ring substituents is 1. The molecular weight excluding hydrogens is 357 g/mol. The number of halogens is 1. The van der Waals surface area contributed by atoms with E-state index >= 15 is 0 Å². The molecule has 0 unspecified atom stereocenters. The Kier molecular flexibility index (Phi) is 2.94. The molecule has 2 heterocycles. The van der Waals surface area contributed by atoms with Crippen molar-refractivity contribution in [3.63, 3.8) is 0 Å². The Labute approximate surface area is 122 Å². The molecule has 2 aromatic heterocycles. The molecule has 0 amide bonds. The fraction of sp³-hybridized carbons (Fsp3) is 0. The van der Waals surface area contributed by atoms with Gasteiger partial charge in [0.2, 0.25) is 0 Å². The van der Waals surface area contributed by atoms with Gasteiger partial charge in [0, 0.05) is 23.9 Å². The number of pyridine rings is 1. The first-order chi connectivity index (χ1) is 9.16. The van der Waals surface area contributed by atoms with Crippen LogP contribution in [0.3, 0.4) is 0 Å². The lowest BCUT2D eigenvalue weighted by Gasteiger charge is -1.97. The summed E-state index contributed by atoms with van der Waals surface area (Å²) in [5.74, 6) is 0. The van der Waals surface area contributed by atoms with E-state index in [2.05, 4.69) is 27.7 Å². The monoisotopic (exact) mass is 365 g/mol. The molecule has 0 radical (unpaired) electrons. The van der Waals surface area contributed by atoms with Crippen molar-refractivity contribution in [3.05, 3.63) is 62.3 Å². The van der Waals surface area contributed by atoms with E-state index in [0.29, 0.717) is 0 Å². The Hall–Kier alpha value is -1.96. The molecule has 0 aliphatic heterocycles. The lowest BCUT2D eigenvalue weighted by Crippen LogP contribution is -1.88. The van der Waals surface area contributed by atoms with Crippen LogP contribution < -0.4 is 0 Å². The van der Waals surface area contributed by atoms with Gasteiger partial charge in [-0.25, -0.2) is 4.52 Å². The fourth-order valence-corrected chi connectivity index (χ4v) is 2.74. The zero-order valence-corrected chi connectivity index (χ0v) is 11.8. The van der Waals surface area contributed by atoms with Gasteiger partial charge in [-0.05, 0) is 46.9 Å². The molecule has 0 N–H and O–H groups in total. The second-order valence-corrected chi connectivity index (χ2v) is 5.08. The van der Waals surface area contributed by atoms with Crippen molar-refractivity contribution in [3.8, 4) is 11.3 Å². The van der Waals surface area contributed by atoms with Crippen molar-refractivity contribution in [2.75, 3.05) is 0 Å². The van der Waals surface area contributed by atoms with Crippen LogP contribution in [-0.4, -0.2) is 14.5 Å². The molecule has 0 bridgehead atoms. The number of aromatic nitrogens is 2. The number of fused-ring (bicyclic) bond motifs is 1. The number of nitro groups is 1. The largest absolute Gasteiger partial charge is 0.269 e. The first-order valence-electron chi connectivity index (χ1n) is 5.54. The molecule has 0 aliphatic rings. The molecule has 94 valence electrons. The summed E-state index contributed by atoms with van der Waals surface area (Å²) >= 11 is 2.24. The minimum atomic E-state index is -0.404. The minimum absolute atomic E-state index is 0.0857. The van der Waals surface area contributed by atoms with Crippen molar-refractivity contribution in [2.45, 2.75) is 0 Å². The number of rotatable bonds is 2. The Morgan fingerprint density at radius 2 is 1.89 bits per heavy atom. The van der Waals surface area contributed by atoms with Crippen LogP contribution in [-0.2, 0) is 0 Å². The summed E-state index contributed by atoms with van der Waals surface area (Å²) in [5, 5.41) is 15.1. The highest BCUT2D eigenvalue weighted by molar-refractivity contribution is 14.1. The Morgan fingerprint density at radius 1 is 1.16 bits per heavy atom. The predicted molar refractivity (Wildman–Crippen MR) is 80.0 cm³/mol. The zero-order valence-electron chi connectivity index (χ0n) is 9.65. The summed E-state index contributed by atoms with van der Waals surface area (Å²) < 4.78 is 2.84. The first-order valence-corrected chi connectivity index (χ1v) is 6.62. The van der Waals surface area contributed by atoms with Gasteiger partial charge in [-0.3, -0.25) is 10.1 Å². The smallest absolute Gasteiger partial charge is 0.258 e. The number of benzene rings is 1. The van der Waals surface area contributed by atoms with Crippen LogP contribution >= 0.6 is 22.6 Å². The van der Waals surface area contributed by atoms with E-state index in [1.54, 1.807) is 16.6 Å². The molecule has 0 spiro atoms. The van der Waals surface area contributed by atoms with Crippen LogP contribution in [0.1, 0.15) is 0 Å². The predicted octanol–water partition coefficient (Wildman–Crippen LogP) is 3.51. The quantitative estimate of drug-likeness (QED) is 0.397. The number of hydrogen-bond acceptors (Lipinski definition) is 3. The molecule has 0 aliphatic carbocycles. The highest BCUT2D eigenvalue weighted by atomic mass is 127. The summed E-state index contributed by atoms with van der Waals surface area (Å²) in [5.41, 5.74) is 2.82. The minimum Gasteiger partial charge on any atom is -0.258 e. The van der Waals surface area contributed by atoms with Gasteiger partial charge in [0.25, 0.3) is 5.69 Å². The molecule has 0 atom stereocenters. The normalized spacial score (nSPS) is 10.8. The second kappa shape index (κ2) is 4.61. The van der Waals surface area contributed by atoms with Gasteiger partial charge in [0.1, 0.15) is 5.69 Å². The molecule has 6 heteroatoms. The van der Waals surface area contributed by atoms with Crippen LogP contribution in [0.2, 0.25) is 0 Å². The van der Waals surface area contributed by atoms with Gasteiger partial charge < -0.3 is 0 Å². The third-order valence-corrected chi connectivity index (χ3v) is 3.89. The van der Waals surface area contributed by atoms with E-state index in [-0.39, 0.29) is 5.69 Å². The fourth-order valence-electron chi connectivity index (χ4n) is 1.89. The lowest BCUT2D eigenvalue weighted by atomic mass is 10.1. The van der Waals surface area contributed by atoms with Crippen LogP contribution in [0.15, 0.2) is 48.7 Å². The van der Waals surface area contributed by atoms with Gasteiger partial charge in [0.15, 0.2) is 0 Å². The van der Waals surface area contributed by atoms with E-state index in [0.717, 1.165) is 20.3 Å². The maximum Gasteiger partial charge on any atom is 0.269 e. The van der Waals surface area contributed by atoms with Crippen LogP contribution in [0.4, 0.5) is 5.69 Å². The Bertz CT molecular complexity index is 765. The highest BCUT2D eigenvalue weighted by Crippen LogP contribution is 2.28. The standard InChI is InChI=1S/C13H8IN3O2/c14-12-11-3-1-2-8-16(11)15-13(12)9-4-6-10(7-5-9)17(18)19/h1-8H. The third kappa shape index (κ3) is 2.07. The van der Waals surface area contributed by atoms with Crippen LogP contribution in [0, 0.1) is 13.7 Å². The van der Waals surface area contributed by atoms with Gasteiger partial charge in [-0.2, -0.15) is 5.10 Å². The summed E-state index contributed by atoms with van der Waals surface area (Å²) in [6.07, 6.45) is 1.88. The number of nitro benzene ring substituents is 1. The molecule has 3 aromatic rings. The SMILES string of the molecule is O=[N+]([O-])c1ccc(-c2nn3ccccc3c2I)cc1. The van der Waals surface area contributed by atoms with Gasteiger partial charge in [0.05, 0.1) is 14.0 Å². The summed E-state index contributed by atoms with van der Waals surface area (Å²) in [4.78, 5) is 10.2. The van der Waals surface area contributed by atoms with E-state index in [1.807, 2.05) is 24.4 Å². The Balaban J connectivity index is 2.13. The molecule has 3 rings (SSSR count). The Morgan fingerprint density at radius 3 is 2.53 bits per heavy atom. The summed E-state index contributed by atoms with van der Waals surface area (Å²) in [7, 11) is 0. The van der Waals surface area contributed by atoms with Crippen LogP contribution in [0.5, 0.6) is 0 Å².